The number of aromatic amines is 1. The second-order valence-corrected chi connectivity index (χ2v) is 2.15. The van der Waals surface area contributed by atoms with Crippen molar-refractivity contribution in [2.24, 2.45) is 0 Å². The topological polar surface area (TPSA) is 48.9 Å². The van der Waals surface area contributed by atoms with Crippen molar-refractivity contribution < 1.29 is 5.11 Å². The van der Waals surface area contributed by atoms with Crippen LogP contribution in [0.25, 0.3) is 0 Å². The predicted molar refractivity (Wildman–Crippen MR) is 34.0 cm³/mol. The lowest BCUT2D eigenvalue weighted by atomic mass is 10.3. The van der Waals surface area contributed by atoms with Gasteiger partial charge in [-0.2, -0.15) is 5.10 Å². The summed E-state index contributed by atoms with van der Waals surface area (Å²) in [5.74, 6) is 0. The Bertz CT molecular complexity index is 193. The Hall–Kier alpha value is -0.830. The number of hydrogen-bond donors (Lipinski definition) is 2. The predicted octanol–water partition coefficient (Wildman–Crippen LogP) is 0.771. The van der Waals surface area contributed by atoms with Gasteiger partial charge in [-0.15, -0.1) is 0 Å². The third-order valence-electron chi connectivity index (χ3n) is 1.15. The van der Waals surface area contributed by atoms with Crippen LogP contribution in [-0.4, -0.2) is 15.3 Å². The van der Waals surface area contributed by atoms with Crippen LogP contribution in [0.15, 0.2) is 6.07 Å². The molecule has 0 aliphatic heterocycles. The molecule has 9 heavy (non-hydrogen) atoms. The molecule has 0 amide bonds. The normalized spacial score (nSPS) is 13.7. The van der Waals surface area contributed by atoms with Gasteiger partial charge in [0.25, 0.3) is 0 Å². The molecule has 0 saturated carbocycles. The van der Waals surface area contributed by atoms with Gasteiger partial charge in [0.05, 0.1) is 11.8 Å². The molecule has 1 aromatic heterocycles. The van der Waals surface area contributed by atoms with E-state index in [2.05, 4.69) is 10.2 Å². The van der Waals surface area contributed by atoms with Crippen LogP contribution in [0.4, 0.5) is 0 Å². The summed E-state index contributed by atoms with van der Waals surface area (Å²) in [6.45, 7) is 3.59. The molecule has 1 heterocycles. The van der Waals surface area contributed by atoms with Crippen molar-refractivity contribution in [2.45, 2.75) is 20.0 Å². The highest BCUT2D eigenvalue weighted by Crippen LogP contribution is 2.07. The maximum Gasteiger partial charge on any atom is 0.0950 e. The van der Waals surface area contributed by atoms with E-state index in [-0.39, 0.29) is 0 Å². The van der Waals surface area contributed by atoms with E-state index in [9.17, 15) is 0 Å². The number of aryl methyl sites for hydroxylation is 1. The van der Waals surface area contributed by atoms with Crippen LogP contribution < -0.4 is 0 Å². The summed E-state index contributed by atoms with van der Waals surface area (Å²) in [7, 11) is 0. The number of aliphatic hydroxyl groups is 1. The van der Waals surface area contributed by atoms with Gasteiger partial charge in [-0.3, -0.25) is 5.10 Å². The minimum atomic E-state index is -0.463. The Kier molecular flexibility index (Phi) is 1.53. The first kappa shape index (κ1) is 6.29. The molecule has 1 aromatic rings. The van der Waals surface area contributed by atoms with Crippen molar-refractivity contribution in [3.63, 3.8) is 0 Å². The van der Waals surface area contributed by atoms with Gasteiger partial charge in [-0.25, -0.2) is 0 Å². The molecular weight excluding hydrogens is 116 g/mol. The molecule has 50 valence electrons. The molecule has 3 nitrogen and oxygen atoms in total. The zero-order chi connectivity index (χ0) is 6.85. The second-order valence-electron chi connectivity index (χ2n) is 2.15. The fourth-order valence-electron chi connectivity index (χ4n) is 0.653. The summed E-state index contributed by atoms with van der Waals surface area (Å²) in [6.07, 6.45) is -0.463. The van der Waals surface area contributed by atoms with Gasteiger partial charge in [0.15, 0.2) is 0 Å². The lowest BCUT2D eigenvalue weighted by molar-refractivity contribution is 0.194. The molecule has 2 N–H and O–H groups in total. The molecule has 0 aliphatic rings. The average molecular weight is 126 g/mol. The van der Waals surface area contributed by atoms with E-state index in [4.69, 9.17) is 5.11 Å². The molecule has 0 aromatic carbocycles. The van der Waals surface area contributed by atoms with Crippen molar-refractivity contribution in [3.8, 4) is 0 Å². The summed E-state index contributed by atoms with van der Waals surface area (Å²) in [4.78, 5) is 0. The highest BCUT2D eigenvalue weighted by molar-refractivity contribution is 5.08. The number of hydrogen-bond acceptors (Lipinski definition) is 2. The zero-order valence-corrected chi connectivity index (χ0v) is 5.55. The van der Waals surface area contributed by atoms with Crippen LogP contribution in [0.5, 0.6) is 0 Å². The highest BCUT2D eigenvalue weighted by Gasteiger charge is 2.02. The van der Waals surface area contributed by atoms with E-state index in [0.717, 1.165) is 5.69 Å². The van der Waals surface area contributed by atoms with Crippen LogP contribution in [0.3, 0.4) is 0 Å². The largest absolute Gasteiger partial charge is 0.387 e. The Morgan fingerprint density at radius 2 is 2.44 bits per heavy atom. The van der Waals surface area contributed by atoms with Gasteiger partial charge in [-0.05, 0) is 19.9 Å². The van der Waals surface area contributed by atoms with Gasteiger partial charge in [0, 0.05) is 5.69 Å². The number of aliphatic hydroxyl groups excluding tert-OH is 1. The second kappa shape index (κ2) is 2.19. The molecule has 1 unspecified atom stereocenters. The molecule has 3 heteroatoms. The number of H-pyrrole nitrogens is 1. The molecule has 0 aliphatic carbocycles. The van der Waals surface area contributed by atoms with Gasteiger partial charge < -0.3 is 5.11 Å². The lowest BCUT2D eigenvalue weighted by Gasteiger charge is -1.93. The van der Waals surface area contributed by atoms with Crippen LogP contribution in [-0.2, 0) is 0 Å². The SMILES string of the molecule is Cc1cc(C(C)O)n[nH]1. The molecule has 1 atom stereocenters. The number of nitrogens with one attached hydrogen (secondary N) is 1. The lowest BCUT2D eigenvalue weighted by Crippen LogP contribution is -1.89. The zero-order valence-electron chi connectivity index (χ0n) is 5.55. The molecule has 0 bridgehead atoms. The highest BCUT2D eigenvalue weighted by atomic mass is 16.3. The Morgan fingerprint density at radius 1 is 1.78 bits per heavy atom. The summed E-state index contributed by atoms with van der Waals surface area (Å²) < 4.78 is 0. The third-order valence-corrected chi connectivity index (χ3v) is 1.15. The first-order valence-electron chi connectivity index (χ1n) is 2.90. The summed E-state index contributed by atoms with van der Waals surface area (Å²) in [5.41, 5.74) is 1.68. The maximum atomic E-state index is 8.95. The fourth-order valence-corrected chi connectivity index (χ4v) is 0.653. The van der Waals surface area contributed by atoms with Crippen molar-refractivity contribution in [1.82, 2.24) is 10.2 Å². The maximum absolute atomic E-state index is 8.95. The first-order chi connectivity index (χ1) is 4.20. The first-order valence-corrected chi connectivity index (χ1v) is 2.90. The molecule has 0 saturated heterocycles. The number of nitrogens with zero attached hydrogens (tertiary/aromatic N) is 1. The minimum absolute atomic E-state index is 0.463. The van der Waals surface area contributed by atoms with E-state index in [1.54, 1.807) is 6.92 Å². The van der Waals surface area contributed by atoms with Crippen LogP contribution in [0.2, 0.25) is 0 Å². The number of rotatable bonds is 1. The average Bonchev–Trinajstić information content (AvgIpc) is 2.14. The van der Waals surface area contributed by atoms with Crippen LogP contribution in [0.1, 0.15) is 24.4 Å². The third kappa shape index (κ3) is 1.29. The fraction of sp³-hybridized carbons (Fsp3) is 0.500. The standard InChI is InChI=1S/C6H10N2O/c1-4-3-6(5(2)9)8-7-4/h3,5,9H,1-2H3,(H,7,8). The molecular formula is C6H10N2O. The molecule has 0 spiro atoms. The van der Waals surface area contributed by atoms with Crippen molar-refractivity contribution in [3.05, 3.63) is 17.5 Å². The monoisotopic (exact) mass is 126 g/mol. The van der Waals surface area contributed by atoms with Crippen molar-refractivity contribution >= 4 is 0 Å². The Morgan fingerprint density at radius 3 is 2.67 bits per heavy atom. The van der Waals surface area contributed by atoms with Crippen molar-refractivity contribution in [1.29, 1.82) is 0 Å². The molecule has 1 rings (SSSR count). The molecule has 0 radical (unpaired) electrons. The number of aromatic nitrogens is 2. The van der Waals surface area contributed by atoms with E-state index >= 15 is 0 Å². The van der Waals surface area contributed by atoms with Gasteiger partial charge in [0.1, 0.15) is 0 Å². The van der Waals surface area contributed by atoms with Crippen molar-refractivity contribution in [2.75, 3.05) is 0 Å². The summed E-state index contributed by atoms with van der Waals surface area (Å²) in [5, 5.41) is 15.5. The summed E-state index contributed by atoms with van der Waals surface area (Å²) >= 11 is 0. The smallest absolute Gasteiger partial charge is 0.0950 e. The summed E-state index contributed by atoms with van der Waals surface area (Å²) in [6, 6.07) is 1.82. The van der Waals surface area contributed by atoms with E-state index < -0.39 is 6.10 Å². The minimum Gasteiger partial charge on any atom is -0.387 e. The molecule has 0 fully saturated rings. The van der Waals surface area contributed by atoms with E-state index in [0.29, 0.717) is 5.69 Å². The van der Waals surface area contributed by atoms with Gasteiger partial charge >= 0.3 is 0 Å². The Labute approximate surface area is 53.7 Å². The van der Waals surface area contributed by atoms with Gasteiger partial charge in [0.2, 0.25) is 0 Å². The van der Waals surface area contributed by atoms with Crippen LogP contribution >= 0.6 is 0 Å². The van der Waals surface area contributed by atoms with E-state index in [1.807, 2.05) is 13.0 Å². The van der Waals surface area contributed by atoms with Crippen LogP contribution in [0, 0.1) is 6.92 Å². The quantitative estimate of drug-likeness (QED) is 0.584. The Balaban J connectivity index is 2.85. The van der Waals surface area contributed by atoms with Gasteiger partial charge in [-0.1, -0.05) is 0 Å². The van der Waals surface area contributed by atoms with E-state index in [1.165, 1.54) is 0 Å².